The van der Waals surface area contributed by atoms with Crippen LogP contribution in [-0.2, 0) is 11.2 Å². The number of phenols is 1. The van der Waals surface area contributed by atoms with E-state index in [0.717, 1.165) is 37.9 Å². The number of alkyl halides is 1. The predicted octanol–water partition coefficient (Wildman–Crippen LogP) is 2.83. The minimum atomic E-state index is -0.227. The second kappa shape index (κ2) is 6.10. The van der Waals surface area contributed by atoms with Crippen LogP contribution < -0.4 is 0 Å². The number of phenolic OH excluding ortho intramolecular Hbond substituents is 1. The molecule has 1 aromatic rings. The molecule has 20 heavy (non-hydrogen) atoms. The van der Waals surface area contributed by atoms with Gasteiger partial charge in [-0.1, -0.05) is 6.07 Å². The summed E-state index contributed by atoms with van der Waals surface area (Å²) in [5.41, 5.74) is 2.42. The van der Waals surface area contributed by atoms with Gasteiger partial charge in [-0.15, -0.1) is 0 Å². The molecule has 110 valence electrons. The molecule has 0 amide bonds. The van der Waals surface area contributed by atoms with E-state index in [1.807, 2.05) is 12.1 Å². The van der Waals surface area contributed by atoms with Gasteiger partial charge in [0.1, 0.15) is 5.75 Å². The molecule has 2 unspecified atom stereocenters. The molecule has 0 aromatic heterocycles. The molecule has 1 saturated heterocycles. The predicted molar refractivity (Wildman–Crippen MR) is 75.7 cm³/mol. The van der Waals surface area contributed by atoms with E-state index in [4.69, 9.17) is 4.74 Å². The van der Waals surface area contributed by atoms with Crippen LogP contribution in [0.4, 0.5) is 4.39 Å². The molecule has 4 heteroatoms. The Bertz CT molecular complexity index is 466. The number of halogens is 1. The molecule has 1 N–H and O–H groups in total. The lowest BCUT2D eigenvalue weighted by Gasteiger charge is -2.44. The van der Waals surface area contributed by atoms with Crippen LogP contribution in [0.15, 0.2) is 18.2 Å². The minimum Gasteiger partial charge on any atom is -0.508 e. The number of hydrogen-bond acceptors (Lipinski definition) is 3. The zero-order chi connectivity index (χ0) is 13.9. The molecule has 1 aromatic carbocycles. The monoisotopic (exact) mass is 279 g/mol. The molecule has 2 aliphatic rings. The zero-order valence-corrected chi connectivity index (χ0v) is 11.7. The summed E-state index contributed by atoms with van der Waals surface area (Å²) in [4.78, 5) is 2.44. The largest absolute Gasteiger partial charge is 0.508 e. The van der Waals surface area contributed by atoms with E-state index in [1.54, 1.807) is 6.07 Å². The zero-order valence-electron chi connectivity index (χ0n) is 11.7. The van der Waals surface area contributed by atoms with Crippen molar-refractivity contribution in [2.24, 2.45) is 0 Å². The third-order valence-corrected chi connectivity index (χ3v) is 4.47. The first-order valence-corrected chi connectivity index (χ1v) is 7.53. The van der Waals surface area contributed by atoms with Crippen molar-refractivity contribution in [3.05, 3.63) is 29.3 Å². The average molecular weight is 279 g/mol. The molecule has 0 radical (unpaired) electrons. The fraction of sp³-hybridized carbons (Fsp3) is 0.625. The van der Waals surface area contributed by atoms with Crippen molar-refractivity contribution in [3.8, 4) is 5.75 Å². The lowest BCUT2D eigenvalue weighted by molar-refractivity contribution is -0.0807. The molecule has 1 aliphatic carbocycles. The third kappa shape index (κ3) is 2.67. The molecule has 3 nitrogen and oxygen atoms in total. The first-order chi connectivity index (χ1) is 9.79. The first kappa shape index (κ1) is 13.8. The highest BCUT2D eigenvalue weighted by Gasteiger charge is 2.37. The van der Waals surface area contributed by atoms with Crippen molar-refractivity contribution in [3.63, 3.8) is 0 Å². The Morgan fingerprint density at radius 3 is 3.10 bits per heavy atom. The van der Waals surface area contributed by atoms with Crippen molar-refractivity contribution in [2.45, 2.75) is 37.8 Å². The van der Waals surface area contributed by atoms with E-state index in [2.05, 4.69) is 4.90 Å². The standard InChI is InChI=1S/C16H22FNO2/c17-7-1-2-8-18-9-10-20-16-14-11-13(19)5-3-12(14)4-6-15(16)18/h3,5,11,15-16,19H,1-2,4,6-10H2. The molecule has 2 atom stereocenters. The van der Waals surface area contributed by atoms with Crippen LogP contribution in [0.1, 0.15) is 36.5 Å². The van der Waals surface area contributed by atoms with Gasteiger partial charge in [0.05, 0.1) is 19.4 Å². The van der Waals surface area contributed by atoms with Crippen molar-refractivity contribution < 1.29 is 14.2 Å². The van der Waals surface area contributed by atoms with Crippen LogP contribution in [0.25, 0.3) is 0 Å². The Balaban J connectivity index is 1.76. The summed E-state index contributed by atoms with van der Waals surface area (Å²) in [6.45, 7) is 2.37. The highest BCUT2D eigenvalue weighted by molar-refractivity contribution is 5.39. The topological polar surface area (TPSA) is 32.7 Å². The van der Waals surface area contributed by atoms with E-state index in [-0.39, 0.29) is 12.8 Å². The van der Waals surface area contributed by atoms with E-state index in [0.29, 0.717) is 24.8 Å². The molecular formula is C16H22FNO2. The van der Waals surface area contributed by atoms with Crippen LogP contribution in [0, 0.1) is 0 Å². The van der Waals surface area contributed by atoms with Crippen LogP contribution >= 0.6 is 0 Å². The number of rotatable bonds is 4. The Morgan fingerprint density at radius 2 is 2.25 bits per heavy atom. The summed E-state index contributed by atoms with van der Waals surface area (Å²) in [5, 5.41) is 9.71. The second-order valence-corrected chi connectivity index (χ2v) is 5.71. The third-order valence-electron chi connectivity index (χ3n) is 4.47. The quantitative estimate of drug-likeness (QED) is 0.860. The molecule has 0 bridgehead atoms. The van der Waals surface area contributed by atoms with Crippen molar-refractivity contribution in [2.75, 3.05) is 26.4 Å². The van der Waals surface area contributed by atoms with Crippen LogP contribution in [0.2, 0.25) is 0 Å². The maximum absolute atomic E-state index is 12.3. The van der Waals surface area contributed by atoms with E-state index < -0.39 is 0 Å². The Kier molecular flexibility index (Phi) is 4.22. The van der Waals surface area contributed by atoms with Crippen LogP contribution in [0.5, 0.6) is 5.75 Å². The average Bonchev–Trinajstić information content (AvgIpc) is 2.47. The molecular weight excluding hydrogens is 257 g/mol. The first-order valence-electron chi connectivity index (χ1n) is 7.53. The molecule has 1 fully saturated rings. The molecule has 1 heterocycles. The molecule has 0 spiro atoms. The van der Waals surface area contributed by atoms with Crippen molar-refractivity contribution in [1.82, 2.24) is 4.90 Å². The number of ether oxygens (including phenoxy) is 1. The maximum atomic E-state index is 12.3. The van der Waals surface area contributed by atoms with Crippen LogP contribution in [-0.4, -0.2) is 42.4 Å². The number of unbranched alkanes of at least 4 members (excludes halogenated alkanes) is 1. The fourth-order valence-electron chi connectivity index (χ4n) is 3.46. The summed E-state index contributed by atoms with van der Waals surface area (Å²) in [5.74, 6) is 0.308. The van der Waals surface area contributed by atoms with Gasteiger partial charge in [0.2, 0.25) is 0 Å². The number of hydrogen-bond donors (Lipinski definition) is 1. The van der Waals surface area contributed by atoms with E-state index in [1.165, 1.54) is 5.56 Å². The van der Waals surface area contributed by atoms with Gasteiger partial charge in [-0.3, -0.25) is 9.29 Å². The van der Waals surface area contributed by atoms with Gasteiger partial charge >= 0.3 is 0 Å². The van der Waals surface area contributed by atoms with Gasteiger partial charge in [-0.05, 0) is 55.5 Å². The summed E-state index contributed by atoms with van der Waals surface area (Å²) in [7, 11) is 0. The van der Waals surface area contributed by atoms with Gasteiger partial charge in [0, 0.05) is 12.6 Å². The van der Waals surface area contributed by atoms with Gasteiger partial charge in [-0.2, -0.15) is 0 Å². The number of morpholine rings is 1. The van der Waals surface area contributed by atoms with E-state index >= 15 is 0 Å². The van der Waals surface area contributed by atoms with Gasteiger partial charge in [-0.25, -0.2) is 0 Å². The summed E-state index contributed by atoms with van der Waals surface area (Å²) >= 11 is 0. The maximum Gasteiger partial charge on any atom is 0.115 e. The lowest BCUT2D eigenvalue weighted by Crippen LogP contribution is -2.49. The number of aryl methyl sites for hydroxylation is 1. The highest BCUT2D eigenvalue weighted by Crippen LogP contribution is 2.39. The van der Waals surface area contributed by atoms with E-state index in [9.17, 15) is 9.50 Å². The SMILES string of the molecule is Oc1ccc2c(c1)C1OCCN(CCCCF)C1CC2. The fourth-order valence-corrected chi connectivity index (χ4v) is 3.46. The number of fused-ring (bicyclic) bond motifs is 3. The summed E-state index contributed by atoms with van der Waals surface area (Å²) < 4.78 is 18.2. The normalized spacial score (nSPS) is 26.1. The Labute approximate surface area is 119 Å². The van der Waals surface area contributed by atoms with Crippen LogP contribution in [0.3, 0.4) is 0 Å². The summed E-state index contributed by atoms with van der Waals surface area (Å²) in [6.07, 6.45) is 3.72. The number of nitrogens with zero attached hydrogens (tertiary/aromatic N) is 1. The summed E-state index contributed by atoms with van der Waals surface area (Å²) in [6, 6.07) is 5.97. The smallest absolute Gasteiger partial charge is 0.115 e. The Hall–Kier alpha value is -1.13. The van der Waals surface area contributed by atoms with Gasteiger partial charge < -0.3 is 9.84 Å². The van der Waals surface area contributed by atoms with Crippen molar-refractivity contribution in [1.29, 1.82) is 0 Å². The Morgan fingerprint density at radius 1 is 1.35 bits per heavy atom. The highest BCUT2D eigenvalue weighted by atomic mass is 19.1. The van der Waals surface area contributed by atoms with Gasteiger partial charge in [0.25, 0.3) is 0 Å². The number of benzene rings is 1. The lowest BCUT2D eigenvalue weighted by atomic mass is 9.84. The molecule has 0 saturated carbocycles. The molecule has 1 aliphatic heterocycles. The molecule has 3 rings (SSSR count). The van der Waals surface area contributed by atoms with Gasteiger partial charge in [0.15, 0.2) is 0 Å². The second-order valence-electron chi connectivity index (χ2n) is 5.71. The minimum absolute atomic E-state index is 0.0602. The number of aromatic hydroxyl groups is 1. The van der Waals surface area contributed by atoms with Crippen molar-refractivity contribution >= 4 is 0 Å².